The highest BCUT2D eigenvalue weighted by Gasteiger charge is 2.25. The highest BCUT2D eigenvalue weighted by molar-refractivity contribution is 7.15. The second kappa shape index (κ2) is 15.3. The lowest BCUT2D eigenvalue weighted by molar-refractivity contribution is -0.122. The predicted octanol–water partition coefficient (Wildman–Crippen LogP) is 4.30. The zero-order valence-corrected chi connectivity index (χ0v) is 24.1. The number of aliphatic hydroxyl groups is 1. The van der Waals surface area contributed by atoms with E-state index in [1.807, 2.05) is 55.5 Å². The van der Waals surface area contributed by atoms with Gasteiger partial charge in [-0.05, 0) is 49.0 Å². The summed E-state index contributed by atoms with van der Waals surface area (Å²) in [5.41, 5.74) is 2.32. The first-order valence-electron chi connectivity index (χ1n) is 13.9. The van der Waals surface area contributed by atoms with Crippen molar-refractivity contribution in [2.45, 2.75) is 64.6 Å². The number of hydrogen-bond donors (Lipinski definition) is 3. The lowest BCUT2D eigenvalue weighted by Gasteiger charge is -2.24. The van der Waals surface area contributed by atoms with Gasteiger partial charge in [-0.2, -0.15) is 5.10 Å². The number of amides is 2. The van der Waals surface area contributed by atoms with Crippen LogP contribution in [0, 0.1) is 5.92 Å². The van der Waals surface area contributed by atoms with E-state index in [1.165, 1.54) is 11.3 Å². The third kappa shape index (κ3) is 9.38. The predicted molar refractivity (Wildman–Crippen MR) is 158 cm³/mol. The Kier molecular flexibility index (Phi) is 11.2. The van der Waals surface area contributed by atoms with Gasteiger partial charge in [0.05, 0.1) is 18.2 Å². The second-order valence-electron chi connectivity index (χ2n) is 9.94. The molecule has 11 heteroatoms. The zero-order valence-electron chi connectivity index (χ0n) is 23.3. The summed E-state index contributed by atoms with van der Waals surface area (Å²) < 4.78 is 5.78. The SMILES string of the molecule is CCCOC1C=CC(C(O)C(=O)Nc2nnc(CCCCc3ccc(NC(=O)Cc4ccccc4)nn3)s2)=CC1C. The molecule has 41 heavy (non-hydrogen) atoms. The normalized spacial score (nSPS) is 17.1. The third-order valence-corrected chi connectivity index (χ3v) is 7.39. The van der Waals surface area contributed by atoms with Crippen LogP contribution in [0.5, 0.6) is 0 Å². The summed E-state index contributed by atoms with van der Waals surface area (Å²) in [6.45, 7) is 4.72. The molecule has 3 unspecified atom stereocenters. The summed E-state index contributed by atoms with van der Waals surface area (Å²) in [5.74, 6) is -0.184. The Morgan fingerprint density at radius 3 is 2.56 bits per heavy atom. The molecule has 1 aromatic carbocycles. The summed E-state index contributed by atoms with van der Waals surface area (Å²) in [7, 11) is 0. The number of carbonyl (C=O) groups is 2. The van der Waals surface area contributed by atoms with Crippen molar-refractivity contribution in [2.24, 2.45) is 5.92 Å². The number of aliphatic hydroxyl groups excluding tert-OH is 1. The van der Waals surface area contributed by atoms with Crippen molar-refractivity contribution in [3.8, 4) is 0 Å². The Hall–Kier alpha value is -3.80. The van der Waals surface area contributed by atoms with E-state index in [4.69, 9.17) is 4.74 Å². The maximum absolute atomic E-state index is 12.6. The molecule has 0 radical (unpaired) electrons. The van der Waals surface area contributed by atoms with Crippen molar-refractivity contribution < 1.29 is 19.4 Å². The van der Waals surface area contributed by atoms with Gasteiger partial charge in [0, 0.05) is 18.9 Å². The number of carbonyl (C=O) groups excluding carboxylic acids is 2. The molecule has 4 rings (SSSR count). The van der Waals surface area contributed by atoms with Crippen molar-refractivity contribution in [3.05, 3.63) is 82.5 Å². The van der Waals surface area contributed by atoms with Gasteiger partial charge < -0.3 is 15.2 Å². The average molecular weight is 577 g/mol. The van der Waals surface area contributed by atoms with Gasteiger partial charge in [0.15, 0.2) is 11.9 Å². The molecule has 1 aliphatic carbocycles. The zero-order chi connectivity index (χ0) is 29.0. The molecule has 0 fully saturated rings. The number of unbranched alkanes of at least 4 members (excludes halogenated alkanes) is 1. The number of benzene rings is 1. The van der Waals surface area contributed by atoms with E-state index in [0.29, 0.717) is 29.6 Å². The molecule has 2 amide bonds. The minimum Gasteiger partial charge on any atom is -0.378 e. The molecule has 0 bridgehead atoms. The molecular weight excluding hydrogens is 540 g/mol. The van der Waals surface area contributed by atoms with Gasteiger partial charge >= 0.3 is 0 Å². The van der Waals surface area contributed by atoms with Gasteiger partial charge in [0.25, 0.3) is 5.91 Å². The van der Waals surface area contributed by atoms with Crippen molar-refractivity contribution >= 4 is 34.1 Å². The molecular formula is C30H36N6O4S. The molecule has 2 heterocycles. The first-order chi connectivity index (χ1) is 19.9. The summed E-state index contributed by atoms with van der Waals surface area (Å²) in [4.78, 5) is 24.8. The number of ether oxygens (including phenoxy) is 1. The molecule has 0 aliphatic heterocycles. The quantitative estimate of drug-likeness (QED) is 0.242. The van der Waals surface area contributed by atoms with E-state index in [1.54, 1.807) is 12.1 Å². The lowest BCUT2D eigenvalue weighted by Crippen LogP contribution is -2.31. The highest BCUT2D eigenvalue weighted by Crippen LogP contribution is 2.23. The van der Waals surface area contributed by atoms with E-state index < -0.39 is 12.0 Å². The van der Waals surface area contributed by atoms with Crippen LogP contribution < -0.4 is 10.6 Å². The second-order valence-corrected chi connectivity index (χ2v) is 11.0. The fourth-order valence-corrected chi connectivity index (χ4v) is 5.10. The first-order valence-corrected chi connectivity index (χ1v) is 14.7. The monoisotopic (exact) mass is 576 g/mol. The Morgan fingerprint density at radius 1 is 1.02 bits per heavy atom. The summed E-state index contributed by atoms with van der Waals surface area (Å²) in [5, 5.41) is 33.7. The van der Waals surface area contributed by atoms with Crippen LogP contribution in [0.3, 0.4) is 0 Å². The van der Waals surface area contributed by atoms with Gasteiger partial charge in [-0.3, -0.25) is 14.9 Å². The number of aromatic nitrogens is 4. The third-order valence-electron chi connectivity index (χ3n) is 6.50. The van der Waals surface area contributed by atoms with Crippen LogP contribution in [0.25, 0.3) is 0 Å². The van der Waals surface area contributed by atoms with Crippen LogP contribution in [0.2, 0.25) is 0 Å². The fraction of sp³-hybridized carbons (Fsp3) is 0.400. The van der Waals surface area contributed by atoms with E-state index in [-0.39, 0.29) is 24.3 Å². The van der Waals surface area contributed by atoms with Crippen molar-refractivity contribution in [1.29, 1.82) is 0 Å². The molecule has 2 aromatic heterocycles. The first kappa shape index (κ1) is 30.2. The van der Waals surface area contributed by atoms with Gasteiger partial charge in [0.2, 0.25) is 11.0 Å². The van der Waals surface area contributed by atoms with E-state index in [2.05, 4.69) is 38.0 Å². The number of rotatable bonds is 14. The van der Waals surface area contributed by atoms with Gasteiger partial charge in [-0.1, -0.05) is 73.7 Å². The number of aryl methyl sites for hydroxylation is 2. The van der Waals surface area contributed by atoms with E-state index in [0.717, 1.165) is 41.9 Å². The van der Waals surface area contributed by atoms with Crippen molar-refractivity contribution in [2.75, 3.05) is 17.2 Å². The molecule has 3 aromatic rings. The number of nitrogens with one attached hydrogen (secondary N) is 2. The van der Waals surface area contributed by atoms with Crippen LogP contribution in [0.15, 0.2) is 66.3 Å². The van der Waals surface area contributed by atoms with Gasteiger partial charge in [-0.25, -0.2) is 0 Å². The van der Waals surface area contributed by atoms with Crippen molar-refractivity contribution in [1.82, 2.24) is 20.4 Å². The Labute approximate surface area is 244 Å². The Bertz CT molecular complexity index is 1340. The lowest BCUT2D eigenvalue weighted by atomic mass is 9.92. The molecule has 0 saturated carbocycles. The van der Waals surface area contributed by atoms with E-state index >= 15 is 0 Å². The van der Waals surface area contributed by atoms with Crippen LogP contribution in [-0.4, -0.2) is 56.1 Å². The van der Waals surface area contributed by atoms with Gasteiger partial charge in [-0.15, -0.1) is 15.3 Å². The molecule has 1 aliphatic rings. The minimum atomic E-state index is -1.29. The van der Waals surface area contributed by atoms with Crippen LogP contribution in [0.4, 0.5) is 10.9 Å². The topological polar surface area (TPSA) is 139 Å². The molecule has 216 valence electrons. The minimum absolute atomic E-state index is 0.0519. The van der Waals surface area contributed by atoms with E-state index in [9.17, 15) is 14.7 Å². The summed E-state index contributed by atoms with van der Waals surface area (Å²) >= 11 is 1.30. The molecule has 10 nitrogen and oxygen atoms in total. The van der Waals surface area contributed by atoms with Crippen molar-refractivity contribution in [3.63, 3.8) is 0 Å². The number of hydrogen-bond acceptors (Lipinski definition) is 9. The Morgan fingerprint density at radius 2 is 1.83 bits per heavy atom. The summed E-state index contributed by atoms with van der Waals surface area (Å²) in [6.07, 6.45) is 8.56. The molecule has 3 N–H and O–H groups in total. The number of anilines is 2. The van der Waals surface area contributed by atoms with Gasteiger partial charge in [0.1, 0.15) is 5.01 Å². The Balaban J connectivity index is 1.16. The fourth-order valence-electron chi connectivity index (χ4n) is 4.32. The number of nitrogens with zero attached hydrogens (tertiary/aromatic N) is 4. The smallest absolute Gasteiger partial charge is 0.259 e. The maximum Gasteiger partial charge on any atom is 0.259 e. The summed E-state index contributed by atoms with van der Waals surface area (Å²) in [6, 6.07) is 13.2. The van der Waals surface area contributed by atoms with Crippen LogP contribution in [0.1, 0.15) is 49.4 Å². The molecule has 0 spiro atoms. The highest BCUT2D eigenvalue weighted by atomic mass is 32.1. The molecule has 0 saturated heterocycles. The average Bonchev–Trinajstić information content (AvgIpc) is 3.42. The largest absolute Gasteiger partial charge is 0.378 e. The van der Waals surface area contributed by atoms with Crippen LogP contribution in [-0.2, 0) is 33.6 Å². The maximum atomic E-state index is 12.6. The van der Waals surface area contributed by atoms with Crippen LogP contribution >= 0.6 is 11.3 Å². The standard InChI is InChI=1S/C30H36N6O4S/c1-3-17-40-24-15-13-22(18-20(24)2)28(38)29(39)32-30-36-35-27(41-30)12-8-7-11-23-14-16-25(34-33-23)31-26(37)19-21-9-5-4-6-10-21/h4-6,9-10,13-16,18,20,24,28,38H,3,7-8,11-12,17,19H2,1-2H3,(H,31,34,37)(H,32,36,39). The molecule has 3 atom stereocenters.